The Bertz CT molecular complexity index is 453. The van der Waals surface area contributed by atoms with Gasteiger partial charge in [-0.05, 0) is 37.1 Å². The second-order valence-electron chi connectivity index (χ2n) is 5.40. The SMILES string of the molecule is CCN(CC)Cc1cccc(CN=C(N)NC2CC2)c1.I. The van der Waals surface area contributed by atoms with Gasteiger partial charge in [-0.25, -0.2) is 4.99 Å². The van der Waals surface area contributed by atoms with Crippen LogP contribution in [-0.2, 0) is 13.1 Å². The second-order valence-corrected chi connectivity index (χ2v) is 5.40. The molecule has 0 radical (unpaired) electrons. The molecule has 0 aromatic heterocycles. The highest BCUT2D eigenvalue weighted by Gasteiger charge is 2.21. The van der Waals surface area contributed by atoms with Crippen LogP contribution < -0.4 is 11.1 Å². The minimum absolute atomic E-state index is 0. The lowest BCUT2D eigenvalue weighted by atomic mass is 10.1. The third-order valence-corrected chi connectivity index (χ3v) is 3.65. The predicted molar refractivity (Wildman–Crippen MR) is 100.0 cm³/mol. The Labute approximate surface area is 145 Å². The first-order chi connectivity index (χ1) is 9.71. The van der Waals surface area contributed by atoms with Crippen LogP contribution in [0.5, 0.6) is 0 Å². The van der Waals surface area contributed by atoms with Crippen LogP contribution >= 0.6 is 24.0 Å². The summed E-state index contributed by atoms with van der Waals surface area (Å²) in [6.45, 7) is 8.20. The first-order valence-electron chi connectivity index (χ1n) is 7.58. The van der Waals surface area contributed by atoms with Gasteiger partial charge in [0.25, 0.3) is 0 Å². The molecule has 0 heterocycles. The number of benzene rings is 1. The standard InChI is InChI=1S/C16H26N4.HI/c1-3-20(4-2)12-14-7-5-6-13(10-14)11-18-16(17)19-15-8-9-15;/h5-7,10,15H,3-4,8-9,11-12H2,1-2H3,(H3,17,18,19);1H. The summed E-state index contributed by atoms with van der Waals surface area (Å²) in [6, 6.07) is 9.19. The molecule has 1 aromatic carbocycles. The Kier molecular flexibility index (Phi) is 8.03. The molecule has 0 aliphatic heterocycles. The molecule has 21 heavy (non-hydrogen) atoms. The predicted octanol–water partition coefficient (Wildman–Crippen LogP) is 2.71. The molecule has 0 saturated heterocycles. The molecule has 1 aliphatic rings. The maximum atomic E-state index is 5.85. The van der Waals surface area contributed by atoms with E-state index in [0.29, 0.717) is 18.5 Å². The molecule has 3 N–H and O–H groups in total. The summed E-state index contributed by atoms with van der Waals surface area (Å²) in [6.07, 6.45) is 2.44. The molecule has 1 saturated carbocycles. The summed E-state index contributed by atoms with van der Waals surface area (Å²) < 4.78 is 0. The largest absolute Gasteiger partial charge is 0.370 e. The third kappa shape index (κ3) is 6.65. The van der Waals surface area contributed by atoms with Gasteiger partial charge in [0.05, 0.1) is 6.54 Å². The number of guanidine groups is 1. The molecule has 5 heteroatoms. The van der Waals surface area contributed by atoms with E-state index in [9.17, 15) is 0 Å². The normalized spacial score (nSPS) is 14.9. The van der Waals surface area contributed by atoms with Crippen molar-refractivity contribution in [3.05, 3.63) is 35.4 Å². The lowest BCUT2D eigenvalue weighted by Gasteiger charge is -2.18. The average molecular weight is 402 g/mol. The number of aliphatic imine (C=N–C) groups is 1. The molecule has 1 aliphatic carbocycles. The first kappa shape index (κ1) is 18.2. The number of halogens is 1. The summed E-state index contributed by atoms with van der Waals surface area (Å²) in [4.78, 5) is 6.81. The van der Waals surface area contributed by atoms with Gasteiger partial charge in [-0.15, -0.1) is 24.0 Å². The number of nitrogens with one attached hydrogen (secondary N) is 1. The van der Waals surface area contributed by atoms with E-state index in [1.165, 1.54) is 24.0 Å². The highest BCUT2D eigenvalue weighted by atomic mass is 127. The zero-order valence-electron chi connectivity index (χ0n) is 13.0. The monoisotopic (exact) mass is 402 g/mol. The lowest BCUT2D eigenvalue weighted by Crippen LogP contribution is -2.33. The van der Waals surface area contributed by atoms with Gasteiger partial charge in [0.15, 0.2) is 5.96 Å². The van der Waals surface area contributed by atoms with Crippen LogP contribution in [0, 0.1) is 0 Å². The number of nitrogens with two attached hydrogens (primary N) is 1. The molecule has 1 aromatic rings. The van der Waals surface area contributed by atoms with E-state index in [0.717, 1.165) is 19.6 Å². The van der Waals surface area contributed by atoms with Crippen LogP contribution in [0.4, 0.5) is 0 Å². The van der Waals surface area contributed by atoms with Crippen molar-refractivity contribution >= 4 is 29.9 Å². The summed E-state index contributed by atoms with van der Waals surface area (Å²) in [5, 5.41) is 3.21. The molecule has 0 spiro atoms. The molecule has 0 unspecified atom stereocenters. The fourth-order valence-corrected chi connectivity index (χ4v) is 2.19. The summed E-state index contributed by atoms with van der Waals surface area (Å²) in [7, 11) is 0. The van der Waals surface area contributed by atoms with Crippen LogP contribution in [0.3, 0.4) is 0 Å². The Hall–Kier alpha value is -0.820. The summed E-state index contributed by atoms with van der Waals surface area (Å²) in [5.74, 6) is 0.571. The Balaban J connectivity index is 0.00000220. The van der Waals surface area contributed by atoms with Crippen molar-refractivity contribution in [2.75, 3.05) is 13.1 Å². The van der Waals surface area contributed by atoms with Gasteiger partial charge >= 0.3 is 0 Å². The van der Waals surface area contributed by atoms with Gasteiger partial charge in [0.2, 0.25) is 0 Å². The molecular weight excluding hydrogens is 375 g/mol. The van der Waals surface area contributed by atoms with Crippen LogP contribution in [-0.4, -0.2) is 30.0 Å². The van der Waals surface area contributed by atoms with Gasteiger partial charge < -0.3 is 11.1 Å². The van der Waals surface area contributed by atoms with Gasteiger partial charge in [0, 0.05) is 12.6 Å². The average Bonchev–Trinajstić information content (AvgIpc) is 3.27. The topological polar surface area (TPSA) is 53.6 Å². The maximum Gasteiger partial charge on any atom is 0.189 e. The molecule has 118 valence electrons. The molecule has 0 atom stereocenters. The lowest BCUT2D eigenvalue weighted by molar-refractivity contribution is 0.296. The third-order valence-electron chi connectivity index (χ3n) is 3.65. The smallest absolute Gasteiger partial charge is 0.189 e. The van der Waals surface area contributed by atoms with E-state index in [1.54, 1.807) is 0 Å². The number of hydrogen-bond donors (Lipinski definition) is 2. The van der Waals surface area contributed by atoms with Crippen molar-refractivity contribution in [1.29, 1.82) is 0 Å². The van der Waals surface area contributed by atoms with Crippen LogP contribution in [0.25, 0.3) is 0 Å². The van der Waals surface area contributed by atoms with Crippen molar-refractivity contribution in [3.63, 3.8) is 0 Å². The molecule has 4 nitrogen and oxygen atoms in total. The first-order valence-corrected chi connectivity index (χ1v) is 7.58. The Morgan fingerprint density at radius 2 is 1.95 bits per heavy atom. The van der Waals surface area contributed by atoms with Gasteiger partial charge in [-0.1, -0.05) is 38.1 Å². The summed E-state index contributed by atoms with van der Waals surface area (Å²) in [5.41, 5.74) is 8.42. The van der Waals surface area contributed by atoms with Crippen molar-refractivity contribution in [1.82, 2.24) is 10.2 Å². The fourth-order valence-electron chi connectivity index (χ4n) is 2.19. The number of rotatable bonds is 7. The van der Waals surface area contributed by atoms with E-state index in [4.69, 9.17) is 5.73 Å². The van der Waals surface area contributed by atoms with E-state index in [1.807, 2.05) is 0 Å². The highest BCUT2D eigenvalue weighted by molar-refractivity contribution is 14.0. The number of hydrogen-bond acceptors (Lipinski definition) is 2. The maximum absolute atomic E-state index is 5.85. The van der Waals surface area contributed by atoms with E-state index < -0.39 is 0 Å². The van der Waals surface area contributed by atoms with Gasteiger partial charge in [0.1, 0.15) is 0 Å². The minimum atomic E-state index is 0. The van der Waals surface area contributed by atoms with Crippen LogP contribution in [0.1, 0.15) is 37.8 Å². The molecule has 0 bridgehead atoms. The molecule has 0 amide bonds. The number of nitrogens with zero attached hydrogens (tertiary/aromatic N) is 2. The van der Waals surface area contributed by atoms with Crippen LogP contribution in [0.2, 0.25) is 0 Å². The molecular formula is C16H27IN4. The second kappa shape index (κ2) is 9.25. The fraction of sp³-hybridized carbons (Fsp3) is 0.562. The van der Waals surface area contributed by atoms with Crippen molar-refractivity contribution < 1.29 is 0 Å². The zero-order chi connectivity index (χ0) is 14.4. The quantitative estimate of drug-likeness (QED) is 0.419. The van der Waals surface area contributed by atoms with E-state index >= 15 is 0 Å². The summed E-state index contributed by atoms with van der Waals surface area (Å²) >= 11 is 0. The van der Waals surface area contributed by atoms with Crippen molar-refractivity contribution in [2.24, 2.45) is 10.7 Å². The van der Waals surface area contributed by atoms with Crippen molar-refractivity contribution in [2.45, 2.75) is 45.8 Å². The Morgan fingerprint density at radius 1 is 1.29 bits per heavy atom. The highest BCUT2D eigenvalue weighted by Crippen LogP contribution is 2.18. The molecule has 2 rings (SSSR count). The van der Waals surface area contributed by atoms with Gasteiger partial charge in [-0.2, -0.15) is 0 Å². The van der Waals surface area contributed by atoms with E-state index in [2.05, 4.69) is 53.3 Å². The van der Waals surface area contributed by atoms with Gasteiger partial charge in [-0.3, -0.25) is 4.90 Å². The zero-order valence-corrected chi connectivity index (χ0v) is 15.3. The van der Waals surface area contributed by atoms with E-state index in [-0.39, 0.29) is 24.0 Å². The Morgan fingerprint density at radius 3 is 2.57 bits per heavy atom. The van der Waals surface area contributed by atoms with Crippen LogP contribution in [0.15, 0.2) is 29.3 Å². The molecule has 1 fully saturated rings. The minimum Gasteiger partial charge on any atom is -0.370 e. The van der Waals surface area contributed by atoms with Crippen molar-refractivity contribution in [3.8, 4) is 0 Å².